The van der Waals surface area contributed by atoms with E-state index in [0.29, 0.717) is 37.8 Å². The summed E-state index contributed by atoms with van der Waals surface area (Å²) in [4.78, 5) is 15.7. The van der Waals surface area contributed by atoms with Crippen LogP contribution in [0.5, 0.6) is 5.75 Å². The van der Waals surface area contributed by atoms with Crippen LogP contribution in [0.25, 0.3) is 0 Å². The van der Waals surface area contributed by atoms with E-state index in [0.717, 1.165) is 0 Å². The summed E-state index contributed by atoms with van der Waals surface area (Å²) in [6, 6.07) is 1.18. The third-order valence-corrected chi connectivity index (χ3v) is 3.55. The molecule has 0 radical (unpaired) electrons. The second-order valence-corrected chi connectivity index (χ2v) is 5.19. The average Bonchev–Trinajstić information content (AvgIpc) is 2.48. The van der Waals surface area contributed by atoms with Gasteiger partial charge in [0.1, 0.15) is 6.61 Å². The summed E-state index contributed by atoms with van der Waals surface area (Å²) in [7, 11) is 0. The fourth-order valence-corrected chi connectivity index (χ4v) is 2.12. The Kier molecular flexibility index (Phi) is 6.15. The highest BCUT2D eigenvalue weighted by atomic mass is 19.1. The van der Waals surface area contributed by atoms with Gasteiger partial charge < -0.3 is 14.7 Å². The molecule has 7 heteroatoms. The minimum atomic E-state index is -1.00. The smallest absolute Gasteiger partial charge is 0.407 e. The van der Waals surface area contributed by atoms with Gasteiger partial charge in [-0.2, -0.15) is 4.39 Å². The fraction of sp³-hybridized carbons (Fsp3) is 0.500. The van der Waals surface area contributed by atoms with Crippen LogP contribution in [0.15, 0.2) is 12.3 Å². The van der Waals surface area contributed by atoms with Crippen LogP contribution in [0.4, 0.5) is 13.6 Å². The largest absolute Gasteiger partial charge is 0.487 e. The molecule has 1 aromatic rings. The first kappa shape index (κ1) is 17.0. The zero-order chi connectivity index (χ0) is 16.7. The van der Waals surface area contributed by atoms with Crippen molar-refractivity contribution in [2.75, 3.05) is 19.8 Å². The lowest BCUT2D eigenvalue weighted by atomic mass is 10.1. The molecule has 0 aromatic carbocycles. The zero-order valence-corrected chi connectivity index (χ0v) is 12.6. The van der Waals surface area contributed by atoms with E-state index in [1.54, 1.807) is 0 Å². The SMILES string of the molecule is O=C(O)N1CCC1COc1cc(C#CCCCCF)cnc1F. The minimum absolute atomic E-state index is 0.0437. The number of nitrogens with zero attached hydrogens (tertiary/aromatic N) is 2. The molecule has 2 heterocycles. The van der Waals surface area contributed by atoms with Crippen molar-refractivity contribution >= 4 is 6.09 Å². The van der Waals surface area contributed by atoms with E-state index >= 15 is 0 Å². The van der Waals surface area contributed by atoms with E-state index in [1.807, 2.05) is 0 Å². The van der Waals surface area contributed by atoms with E-state index in [4.69, 9.17) is 9.84 Å². The molecule has 0 spiro atoms. The highest BCUT2D eigenvalue weighted by Crippen LogP contribution is 2.21. The summed E-state index contributed by atoms with van der Waals surface area (Å²) in [6.45, 7) is 0.194. The second kappa shape index (κ2) is 8.32. The van der Waals surface area contributed by atoms with E-state index in [2.05, 4.69) is 16.8 Å². The lowest BCUT2D eigenvalue weighted by Crippen LogP contribution is -2.53. The molecule has 5 nitrogen and oxygen atoms in total. The van der Waals surface area contributed by atoms with Crippen LogP contribution >= 0.6 is 0 Å². The predicted molar refractivity (Wildman–Crippen MR) is 79.5 cm³/mol. The Bertz CT molecular complexity index is 613. The minimum Gasteiger partial charge on any atom is -0.487 e. The van der Waals surface area contributed by atoms with Gasteiger partial charge in [-0.15, -0.1) is 0 Å². The summed E-state index contributed by atoms with van der Waals surface area (Å²) in [5, 5.41) is 8.90. The van der Waals surface area contributed by atoms with Crippen molar-refractivity contribution in [1.82, 2.24) is 9.88 Å². The van der Waals surface area contributed by atoms with Crippen LogP contribution in [-0.4, -0.2) is 47.0 Å². The van der Waals surface area contributed by atoms with Crippen LogP contribution < -0.4 is 4.74 Å². The molecule has 1 unspecified atom stereocenters. The summed E-state index contributed by atoms with van der Waals surface area (Å²) in [6.07, 6.45) is 2.71. The number of amides is 1. The first-order chi connectivity index (χ1) is 11.1. The molecule has 0 bridgehead atoms. The molecule has 1 aromatic heterocycles. The molecule has 23 heavy (non-hydrogen) atoms. The molecule has 1 saturated heterocycles. The van der Waals surface area contributed by atoms with Crippen molar-refractivity contribution in [3.05, 3.63) is 23.8 Å². The van der Waals surface area contributed by atoms with Crippen LogP contribution in [0.2, 0.25) is 0 Å². The summed E-state index contributed by atoms with van der Waals surface area (Å²) in [5.74, 6) is 4.90. The molecule has 0 saturated carbocycles. The number of alkyl halides is 1. The fourth-order valence-electron chi connectivity index (χ4n) is 2.12. The highest BCUT2D eigenvalue weighted by molar-refractivity contribution is 5.66. The lowest BCUT2D eigenvalue weighted by molar-refractivity contribution is 0.0489. The van der Waals surface area contributed by atoms with Crippen LogP contribution in [0, 0.1) is 17.8 Å². The molecule has 1 amide bonds. The van der Waals surface area contributed by atoms with Crippen molar-refractivity contribution in [2.24, 2.45) is 0 Å². The molecule has 0 aliphatic carbocycles. The number of rotatable bonds is 6. The van der Waals surface area contributed by atoms with Crippen LogP contribution in [0.3, 0.4) is 0 Å². The molecule has 1 atom stereocenters. The molecule has 1 N–H and O–H groups in total. The third-order valence-electron chi connectivity index (χ3n) is 3.55. The molecular formula is C16H18F2N2O3. The number of pyridine rings is 1. The van der Waals surface area contributed by atoms with Crippen molar-refractivity contribution in [1.29, 1.82) is 0 Å². The Morgan fingerprint density at radius 2 is 2.35 bits per heavy atom. The van der Waals surface area contributed by atoms with Gasteiger partial charge in [0.25, 0.3) is 5.95 Å². The molecule has 1 fully saturated rings. The zero-order valence-electron chi connectivity index (χ0n) is 12.6. The summed E-state index contributed by atoms with van der Waals surface area (Å²) < 4.78 is 30.9. The molecule has 2 rings (SSSR count). The molecule has 1 aliphatic rings. The number of hydrogen-bond acceptors (Lipinski definition) is 3. The van der Waals surface area contributed by atoms with Crippen molar-refractivity contribution in [2.45, 2.75) is 31.7 Å². The highest BCUT2D eigenvalue weighted by Gasteiger charge is 2.32. The summed E-state index contributed by atoms with van der Waals surface area (Å²) in [5.41, 5.74) is 0.505. The van der Waals surface area contributed by atoms with Gasteiger partial charge in [-0.1, -0.05) is 11.8 Å². The number of aromatic nitrogens is 1. The Morgan fingerprint density at radius 1 is 1.52 bits per heavy atom. The second-order valence-electron chi connectivity index (χ2n) is 5.19. The lowest BCUT2D eigenvalue weighted by Gasteiger charge is -2.38. The van der Waals surface area contributed by atoms with Gasteiger partial charge >= 0.3 is 6.09 Å². The topological polar surface area (TPSA) is 62.7 Å². The summed E-state index contributed by atoms with van der Waals surface area (Å²) >= 11 is 0. The van der Waals surface area contributed by atoms with Gasteiger partial charge in [0.05, 0.1) is 12.7 Å². The quantitative estimate of drug-likeness (QED) is 0.496. The van der Waals surface area contributed by atoms with Gasteiger partial charge in [0.15, 0.2) is 5.75 Å². The third kappa shape index (κ3) is 4.81. The Balaban J connectivity index is 1.91. The van der Waals surface area contributed by atoms with Gasteiger partial charge in [-0.3, -0.25) is 4.39 Å². The normalized spacial score (nSPS) is 16.3. The molecule has 124 valence electrons. The predicted octanol–water partition coefficient (Wildman–Crippen LogP) is 2.84. The Labute approximate surface area is 133 Å². The van der Waals surface area contributed by atoms with Crippen molar-refractivity contribution in [3.8, 4) is 17.6 Å². The Morgan fingerprint density at radius 3 is 3.00 bits per heavy atom. The van der Waals surface area contributed by atoms with Gasteiger partial charge in [0.2, 0.25) is 0 Å². The van der Waals surface area contributed by atoms with Gasteiger partial charge in [0, 0.05) is 30.8 Å². The first-order valence-electron chi connectivity index (χ1n) is 7.44. The van der Waals surface area contributed by atoms with Crippen molar-refractivity contribution < 1.29 is 23.4 Å². The Hall–Kier alpha value is -2.36. The maximum atomic E-state index is 13.6. The van der Waals surface area contributed by atoms with E-state index in [1.165, 1.54) is 17.2 Å². The van der Waals surface area contributed by atoms with Crippen LogP contribution in [0.1, 0.15) is 31.2 Å². The number of carbonyl (C=O) groups is 1. The van der Waals surface area contributed by atoms with E-state index < -0.39 is 12.0 Å². The standard InChI is InChI=1S/C16H18F2N2O3/c17-7-4-2-1-3-5-12-9-14(15(18)19-10-12)23-11-13-6-8-20(13)16(21)22/h9-10,13H,1-2,4,6-8,11H2,(H,21,22). The molecule has 1 aliphatic heterocycles. The first-order valence-corrected chi connectivity index (χ1v) is 7.44. The number of hydrogen-bond donors (Lipinski definition) is 1. The van der Waals surface area contributed by atoms with E-state index in [-0.39, 0.29) is 25.1 Å². The maximum absolute atomic E-state index is 13.6. The van der Waals surface area contributed by atoms with E-state index in [9.17, 15) is 13.6 Å². The number of halogens is 2. The van der Waals surface area contributed by atoms with Gasteiger partial charge in [-0.05, 0) is 19.3 Å². The van der Waals surface area contributed by atoms with Crippen molar-refractivity contribution in [3.63, 3.8) is 0 Å². The van der Waals surface area contributed by atoms with Crippen LogP contribution in [-0.2, 0) is 0 Å². The molecular weight excluding hydrogens is 306 g/mol. The average molecular weight is 324 g/mol. The monoisotopic (exact) mass is 324 g/mol. The maximum Gasteiger partial charge on any atom is 0.407 e. The van der Waals surface area contributed by atoms with Gasteiger partial charge in [-0.25, -0.2) is 9.78 Å². The number of unbranched alkanes of at least 4 members (excludes halogenated alkanes) is 2. The number of carboxylic acid groups (broad SMARTS) is 1. The number of likely N-dealkylation sites (tertiary alicyclic amines) is 1. The number of ether oxygens (including phenoxy) is 1.